The smallest absolute Gasteiger partial charge is 0.216 e. The van der Waals surface area contributed by atoms with Crippen LogP contribution in [0.4, 0.5) is 0 Å². The van der Waals surface area contributed by atoms with Gasteiger partial charge in [0.1, 0.15) is 18.2 Å². The average molecular weight is 504 g/mol. The lowest BCUT2D eigenvalue weighted by atomic mass is 9.63. The summed E-state index contributed by atoms with van der Waals surface area (Å²) in [6.45, 7) is 11.8. The quantitative estimate of drug-likeness (QED) is 0.219. The van der Waals surface area contributed by atoms with Crippen molar-refractivity contribution in [2.45, 2.75) is 89.9 Å². The Bertz CT molecular complexity index is 1800. The van der Waals surface area contributed by atoms with E-state index < -0.39 is 5.89 Å². The first-order chi connectivity index (χ1) is 18.5. The highest BCUT2D eigenvalue weighted by atomic mass is 16.3. The molecule has 3 aromatic carbocycles. The largest absolute Gasteiger partial charge is 0.455 e. The molecule has 0 saturated heterocycles. The van der Waals surface area contributed by atoms with Gasteiger partial charge in [-0.05, 0) is 95.0 Å². The average Bonchev–Trinajstić information content (AvgIpc) is 3.49. The van der Waals surface area contributed by atoms with Gasteiger partial charge in [-0.25, -0.2) is 4.57 Å². The van der Waals surface area contributed by atoms with Gasteiger partial charge in [0.2, 0.25) is 5.69 Å². The van der Waals surface area contributed by atoms with Gasteiger partial charge in [0.25, 0.3) is 0 Å². The highest BCUT2D eigenvalue weighted by molar-refractivity contribution is 6.13. The van der Waals surface area contributed by atoms with Crippen LogP contribution in [0.3, 0.4) is 0 Å². The minimum atomic E-state index is -0.445. The minimum Gasteiger partial charge on any atom is -0.455 e. The molecule has 2 aromatic heterocycles. The van der Waals surface area contributed by atoms with Crippen LogP contribution in [0.2, 0.25) is 0 Å². The molecule has 0 atom stereocenters. The Labute approximate surface area is 228 Å². The summed E-state index contributed by atoms with van der Waals surface area (Å²) < 4.78 is 17.9. The highest BCUT2D eigenvalue weighted by Gasteiger charge is 2.37. The first-order valence-corrected chi connectivity index (χ1v) is 14.4. The van der Waals surface area contributed by atoms with E-state index in [1.165, 1.54) is 51.1 Å². The number of aromatic nitrogens is 1. The molecule has 0 bridgehead atoms. The van der Waals surface area contributed by atoms with Gasteiger partial charge in [-0.15, -0.1) is 0 Å². The normalized spacial score (nSPS) is 20.2. The van der Waals surface area contributed by atoms with E-state index >= 15 is 0 Å². The van der Waals surface area contributed by atoms with E-state index in [1.807, 2.05) is 0 Å². The molecule has 2 nitrogen and oxygen atoms in total. The summed E-state index contributed by atoms with van der Waals surface area (Å²) in [6.07, 6.45) is 8.82. The Morgan fingerprint density at radius 1 is 0.842 bits per heavy atom. The maximum Gasteiger partial charge on any atom is 0.216 e. The highest BCUT2D eigenvalue weighted by Crippen LogP contribution is 2.48. The Morgan fingerprint density at radius 2 is 1.50 bits per heavy atom. The molecular weight excluding hydrogens is 462 g/mol. The third-order valence-corrected chi connectivity index (χ3v) is 9.78. The maximum atomic E-state index is 8.99. The Kier molecular flexibility index (Phi) is 4.91. The standard InChI is InChI=1S/C36H40NO/c1-22-11-13-27-28-17-25-18-29-30(36(4,5)16-15-35(29,2)3)19-26(25)20-32(28)38-34(27)33(22)31-14-12-24(21-37(31)6)23-9-7-8-10-23/h11-14,17-21,23H,7-10,15-16H2,1-6H3/q+1/i23D. The van der Waals surface area contributed by atoms with E-state index in [4.69, 9.17) is 5.79 Å². The van der Waals surface area contributed by atoms with Crippen LogP contribution in [-0.4, -0.2) is 0 Å². The van der Waals surface area contributed by atoms with Gasteiger partial charge in [-0.3, -0.25) is 0 Å². The van der Waals surface area contributed by atoms with Crippen LogP contribution in [0.5, 0.6) is 0 Å². The van der Waals surface area contributed by atoms with Crippen LogP contribution < -0.4 is 4.57 Å². The zero-order valence-electron chi connectivity index (χ0n) is 24.8. The molecule has 2 heterocycles. The fourth-order valence-electron chi connectivity index (χ4n) is 7.23. The van der Waals surface area contributed by atoms with Gasteiger partial charge in [0.15, 0.2) is 6.20 Å². The molecule has 2 heteroatoms. The fourth-order valence-corrected chi connectivity index (χ4v) is 7.23. The number of hydrogen-bond acceptors (Lipinski definition) is 1. The zero-order chi connectivity index (χ0) is 27.3. The van der Waals surface area contributed by atoms with Gasteiger partial charge in [-0.2, -0.15) is 0 Å². The summed E-state index contributed by atoms with van der Waals surface area (Å²) in [4.78, 5) is 0. The number of benzene rings is 3. The fraction of sp³-hybridized carbons (Fsp3) is 0.417. The van der Waals surface area contributed by atoms with E-state index in [-0.39, 0.29) is 10.8 Å². The Morgan fingerprint density at radius 3 is 2.16 bits per heavy atom. The van der Waals surface area contributed by atoms with Crippen molar-refractivity contribution in [1.82, 2.24) is 0 Å². The van der Waals surface area contributed by atoms with Crippen molar-refractivity contribution in [1.29, 1.82) is 0 Å². The van der Waals surface area contributed by atoms with Crippen LogP contribution in [0, 0.1) is 6.92 Å². The number of nitrogens with zero attached hydrogens (tertiary/aromatic N) is 1. The third-order valence-electron chi connectivity index (χ3n) is 9.78. The molecule has 194 valence electrons. The number of furan rings is 1. The van der Waals surface area contributed by atoms with Gasteiger partial charge < -0.3 is 4.42 Å². The van der Waals surface area contributed by atoms with Crippen LogP contribution >= 0.6 is 0 Å². The van der Waals surface area contributed by atoms with E-state index in [0.717, 1.165) is 53.7 Å². The van der Waals surface area contributed by atoms with Crippen LogP contribution in [0.15, 0.2) is 59.1 Å². The zero-order valence-corrected chi connectivity index (χ0v) is 23.8. The molecule has 0 amide bonds. The van der Waals surface area contributed by atoms with E-state index in [0.29, 0.717) is 0 Å². The molecule has 0 radical (unpaired) electrons. The SMILES string of the molecule is [2H]C1(c2ccc(-c3c(C)ccc4c3oc3cc5cc6c(cc5cc34)C(C)(C)CCC6(C)C)[n+](C)c2)CCCC1. The Hall–Kier alpha value is -3.13. The summed E-state index contributed by atoms with van der Waals surface area (Å²) in [5.41, 5.74) is 9.87. The Balaban J connectivity index is 1.43. The molecule has 2 aliphatic rings. The molecule has 7 rings (SSSR count). The maximum absolute atomic E-state index is 8.99. The van der Waals surface area contributed by atoms with Crippen LogP contribution in [-0.2, 0) is 17.9 Å². The molecule has 5 aromatic rings. The predicted molar refractivity (Wildman–Crippen MR) is 159 cm³/mol. The lowest BCUT2D eigenvalue weighted by Crippen LogP contribution is -2.33. The van der Waals surface area contributed by atoms with Gasteiger partial charge in [0, 0.05) is 23.8 Å². The summed E-state index contributed by atoms with van der Waals surface area (Å²) in [5, 5.41) is 4.91. The summed E-state index contributed by atoms with van der Waals surface area (Å²) in [6, 6.07) is 18.3. The van der Waals surface area contributed by atoms with Crippen molar-refractivity contribution in [3.63, 3.8) is 0 Å². The monoisotopic (exact) mass is 503 g/mol. The summed E-state index contributed by atoms with van der Waals surface area (Å²) >= 11 is 0. The minimum absolute atomic E-state index is 0.184. The van der Waals surface area contributed by atoms with Crippen LogP contribution in [0.25, 0.3) is 44.0 Å². The van der Waals surface area contributed by atoms with Gasteiger partial charge >= 0.3 is 0 Å². The van der Waals surface area contributed by atoms with Crippen LogP contribution in [0.1, 0.15) is 95.7 Å². The molecule has 0 unspecified atom stereocenters. The van der Waals surface area contributed by atoms with Gasteiger partial charge in [0.05, 0.1) is 5.56 Å². The second-order valence-electron chi connectivity index (χ2n) is 13.3. The first kappa shape index (κ1) is 22.8. The molecular formula is C36H40NO+. The van der Waals surface area contributed by atoms with Crippen molar-refractivity contribution in [2.24, 2.45) is 7.05 Å². The molecule has 0 N–H and O–H groups in total. The number of aryl methyl sites for hydroxylation is 2. The van der Waals surface area contributed by atoms with Gasteiger partial charge in [-0.1, -0.05) is 64.8 Å². The van der Waals surface area contributed by atoms with E-state index in [2.05, 4.69) is 101 Å². The van der Waals surface area contributed by atoms with Crippen molar-refractivity contribution >= 4 is 32.7 Å². The summed E-state index contributed by atoms with van der Waals surface area (Å²) in [7, 11) is 2.11. The summed E-state index contributed by atoms with van der Waals surface area (Å²) in [5.74, 6) is -0.445. The number of fused-ring (bicyclic) bond motifs is 5. The first-order valence-electron chi connectivity index (χ1n) is 14.9. The van der Waals surface area contributed by atoms with E-state index in [1.54, 1.807) is 0 Å². The second kappa shape index (κ2) is 8.18. The topological polar surface area (TPSA) is 17.0 Å². The van der Waals surface area contributed by atoms with E-state index in [9.17, 15) is 0 Å². The lowest BCUT2D eigenvalue weighted by Gasteiger charge is -2.42. The molecule has 2 aliphatic carbocycles. The molecule has 38 heavy (non-hydrogen) atoms. The molecule has 0 aliphatic heterocycles. The number of pyridine rings is 1. The van der Waals surface area contributed by atoms with Crippen molar-refractivity contribution < 1.29 is 10.4 Å². The van der Waals surface area contributed by atoms with Crippen molar-refractivity contribution in [3.05, 3.63) is 77.0 Å². The van der Waals surface area contributed by atoms with Crippen molar-refractivity contribution in [2.75, 3.05) is 0 Å². The molecule has 1 fully saturated rings. The second-order valence-corrected chi connectivity index (χ2v) is 13.3. The molecule has 0 spiro atoms. The third kappa shape index (κ3) is 3.56. The number of rotatable bonds is 2. The number of hydrogen-bond donors (Lipinski definition) is 0. The predicted octanol–water partition coefficient (Wildman–Crippen LogP) is 9.55. The lowest BCUT2D eigenvalue weighted by molar-refractivity contribution is -0.660. The molecule has 1 saturated carbocycles. The van der Waals surface area contributed by atoms with Crippen molar-refractivity contribution in [3.8, 4) is 11.3 Å².